The Hall–Kier alpha value is -4.24. The minimum absolute atomic E-state index is 0.748. The van der Waals surface area contributed by atoms with E-state index in [1.54, 1.807) is 0 Å². The van der Waals surface area contributed by atoms with E-state index in [1.807, 2.05) is 36.4 Å². The van der Waals surface area contributed by atoms with E-state index in [0.29, 0.717) is 0 Å². The summed E-state index contributed by atoms with van der Waals surface area (Å²) in [5, 5.41) is 2.38. The maximum absolute atomic E-state index is 5.97. The van der Waals surface area contributed by atoms with Crippen LogP contribution in [0.1, 0.15) is 0 Å². The third kappa shape index (κ3) is 3.47. The van der Waals surface area contributed by atoms with Crippen LogP contribution in [-0.4, -0.2) is 0 Å². The topological polar surface area (TPSA) is 78.1 Å². The summed E-state index contributed by atoms with van der Waals surface area (Å²) in [7, 11) is 0. The highest BCUT2D eigenvalue weighted by Gasteiger charge is 2.16. The van der Waals surface area contributed by atoms with Crippen molar-refractivity contribution in [3.05, 3.63) is 103 Å². The van der Waals surface area contributed by atoms with Crippen molar-refractivity contribution in [1.82, 2.24) is 0 Å². The predicted octanol–water partition coefficient (Wildman–Crippen LogP) is 6.59. The van der Waals surface area contributed by atoms with E-state index in [4.69, 9.17) is 17.2 Å². The smallest absolute Gasteiger partial charge is 0.0314 e. The van der Waals surface area contributed by atoms with E-state index in [-0.39, 0.29) is 0 Å². The second-order valence-corrected chi connectivity index (χ2v) is 7.76. The van der Waals surface area contributed by atoms with Crippen LogP contribution < -0.4 is 17.2 Å². The average Bonchev–Trinajstić information content (AvgIpc) is 2.80. The summed E-state index contributed by atoms with van der Waals surface area (Å²) in [6, 6.07) is 34.9. The maximum Gasteiger partial charge on any atom is 0.0314 e. The number of fused-ring (bicyclic) bond motifs is 1. The molecule has 150 valence electrons. The molecule has 0 saturated carbocycles. The number of hydrogen-bond donors (Lipinski definition) is 3. The quantitative estimate of drug-likeness (QED) is 0.299. The van der Waals surface area contributed by atoms with E-state index in [9.17, 15) is 0 Å². The van der Waals surface area contributed by atoms with Crippen LogP contribution in [0.4, 0.5) is 17.1 Å². The third-order valence-electron chi connectivity index (χ3n) is 5.69. The molecule has 5 aromatic carbocycles. The molecule has 0 aromatic heterocycles. The number of rotatable bonds is 3. The van der Waals surface area contributed by atoms with Crippen molar-refractivity contribution in [2.24, 2.45) is 0 Å². The number of hydrogen-bond acceptors (Lipinski definition) is 3. The van der Waals surface area contributed by atoms with Gasteiger partial charge >= 0.3 is 0 Å². The molecule has 0 fully saturated rings. The lowest BCUT2D eigenvalue weighted by Crippen LogP contribution is -1.93. The minimum atomic E-state index is 0.748. The lowest BCUT2D eigenvalue weighted by molar-refractivity contribution is 1.59. The van der Waals surface area contributed by atoms with Crippen molar-refractivity contribution in [2.45, 2.75) is 0 Å². The number of benzene rings is 5. The lowest BCUT2D eigenvalue weighted by atomic mass is 9.85. The molecule has 0 aliphatic heterocycles. The minimum Gasteiger partial charge on any atom is -0.399 e. The molecule has 0 saturated heterocycles. The molecule has 0 amide bonds. The van der Waals surface area contributed by atoms with Gasteiger partial charge in [-0.1, -0.05) is 60.7 Å². The van der Waals surface area contributed by atoms with Crippen molar-refractivity contribution in [1.29, 1.82) is 0 Å². The Balaban J connectivity index is 1.88. The van der Waals surface area contributed by atoms with Gasteiger partial charge in [0.15, 0.2) is 0 Å². The maximum atomic E-state index is 5.97. The van der Waals surface area contributed by atoms with Gasteiger partial charge in [-0.05, 0) is 86.6 Å². The van der Waals surface area contributed by atoms with Gasteiger partial charge in [0.2, 0.25) is 0 Å². The summed E-state index contributed by atoms with van der Waals surface area (Å²) in [6.45, 7) is 0. The normalized spacial score (nSPS) is 11.0. The van der Waals surface area contributed by atoms with Crippen LogP contribution in [0.2, 0.25) is 0 Å². The number of nitrogen functional groups attached to an aromatic ring is 3. The monoisotopic (exact) mass is 401 g/mol. The molecule has 0 aliphatic carbocycles. The fourth-order valence-corrected chi connectivity index (χ4v) is 4.13. The fraction of sp³-hybridized carbons (Fsp3) is 0. The molecular weight excluding hydrogens is 378 g/mol. The highest BCUT2D eigenvalue weighted by molar-refractivity contribution is 6.10. The standard InChI is InChI=1S/C28H23N3/c29-21-11-5-18(6-12-21)26-17-27(19-7-13-22(30)14-8-19)28(20-9-15-23(31)16-10-20)25-4-2-1-3-24(25)26/h1-17H,29-31H2. The molecule has 0 radical (unpaired) electrons. The Labute approximate surface area is 181 Å². The number of anilines is 3. The summed E-state index contributed by atoms with van der Waals surface area (Å²) in [5.41, 5.74) is 27.0. The third-order valence-corrected chi connectivity index (χ3v) is 5.69. The van der Waals surface area contributed by atoms with Gasteiger partial charge in [-0.25, -0.2) is 0 Å². The van der Waals surface area contributed by atoms with Crippen LogP contribution in [0, 0.1) is 0 Å². The van der Waals surface area contributed by atoms with Gasteiger partial charge < -0.3 is 17.2 Å². The second kappa shape index (κ2) is 7.54. The van der Waals surface area contributed by atoms with Crippen molar-refractivity contribution < 1.29 is 0 Å². The first kappa shape index (κ1) is 18.8. The molecule has 5 aromatic rings. The summed E-state index contributed by atoms with van der Waals surface area (Å²) < 4.78 is 0. The molecule has 31 heavy (non-hydrogen) atoms. The van der Waals surface area contributed by atoms with E-state index in [1.165, 1.54) is 21.9 Å². The van der Waals surface area contributed by atoms with E-state index in [0.717, 1.165) is 39.3 Å². The van der Waals surface area contributed by atoms with Crippen molar-refractivity contribution in [3.63, 3.8) is 0 Å². The van der Waals surface area contributed by atoms with Gasteiger partial charge in [-0.2, -0.15) is 0 Å². The lowest BCUT2D eigenvalue weighted by Gasteiger charge is -2.18. The molecule has 6 N–H and O–H groups in total. The summed E-state index contributed by atoms with van der Waals surface area (Å²) >= 11 is 0. The Morgan fingerprint density at radius 1 is 0.387 bits per heavy atom. The van der Waals surface area contributed by atoms with E-state index < -0.39 is 0 Å². The molecule has 0 spiro atoms. The van der Waals surface area contributed by atoms with Crippen LogP contribution in [-0.2, 0) is 0 Å². The van der Waals surface area contributed by atoms with Crippen molar-refractivity contribution in [2.75, 3.05) is 17.2 Å². The molecule has 3 heteroatoms. The van der Waals surface area contributed by atoms with Gasteiger partial charge in [0, 0.05) is 17.1 Å². The predicted molar refractivity (Wildman–Crippen MR) is 133 cm³/mol. The molecular formula is C28H23N3. The first-order valence-corrected chi connectivity index (χ1v) is 10.2. The second-order valence-electron chi connectivity index (χ2n) is 7.76. The van der Waals surface area contributed by atoms with Gasteiger partial charge in [-0.15, -0.1) is 0 Å². The Kier molecular flexibility index (Phi) is 4.57. The largest absolute Gasteiger partial charge is 0.399 e. The zero-order valence-corrected chi connectivity index (χ0v) is 17.0. The first-order valence-electron chi connectivity index (χ1n) is 10.2. The zero-order chi connectivity index (χ0) is 21.4. The summed E-state index contributed by atoms with van der Waals surface area (Å²) in [6.07, 6.45) is 0. The molecule has 0 bridgehead atoms. The Morgan fingerprint density at radius 2 is 0.806 bits per heavy atom. The van der Waals surface area contributed by atoms with Crippen LogP contribution in [0.15, 0.2) is 103 Å². The zero-order valence-electron chi connectivity index (χ0n) is 17.0. The molecule has 0 unspecified atom stereocenters. The summed E-state index contributed by atoms with van der Waals surface area (Å²) in [4.78, 5) is 0. The van der Waals surface area contributed by atoms with Crippen LogP contribution >= 0.6 is 0 Å². The van der Waals surface area contributed by atoms with Crippen LogP contribution in [0.5, 0.6) is 0 Å². The van der Waals surface area contributed by atoms with Crippen molar-refractivity contribution in [3.8, 4) is 33.4 Å². The first-order chi connectivity index (χ1) is 15.1. The fourth-order valence-electron chi connectivity index (χ4n) is 4.13. The average molecular weight is 402 g/mol. The Bertz CT molecular complexity index is 1370. The van der Waals surface area contributed by atoms with Gasteiger partial charge in [0.25, 0.3) is 0 Å². The molecule has 5 rings (SSSR count). The molecule has 0 heterocycles. The van der Waals surface area contributed by atoms with Gasteiger partial charge in [0.1, 0.15) is 0 Å². The highest BCUT2D eigenvalue weighted by atomic mass is 14.5. The summed E-state index contributed by atoms with van der Waals surface area (Å²) in [5.74, 6) is 0. The highest BCUT2D eigenvalue weighted by Crippen LogP contribution is 2.43. The molecule has 0 aliphatic rings. The van der Waals surface area contributed by atoms with Crippen molar-refractivity contribution >= 4 is 27.8 Å². The molecule has 3 nitrogen and oxygen atoms in total. The Morgan fingerprint density at radius 3 is 1.32 bits per heavy atom. The SMILES string of the molecule is Nc1ccc(-c2cc(-c3ccc(N)cc3)c3ccccc3c2-c2ccc(N)cc2)cc1. The van der Waals surface area contributed by atoms with Crippen LogP contribution in [0.3, 0.4) is 0 Å². The molecule has 0 atom stereocenters. The van der Waals surface area contributed by atoms with Crippen LogP contribution in [0.25, 0.3) is 44.2 Å². The van der Waals surface area contributed by atoms with Gasteiger partial charge in [0.05, 0.1) is 0 Å². The van der Waals surface area contributed by atoms with E-state index in [2.05, 4.69) is 66.7 Å². The van der Waals surface area contributed by atoms with Gasteiger partial charge in [-0.3, -0.25) is 0 Å². The number of nitrogens with two attached hydrogens (primary N) is 3. The van der Waals surface area contributed by atoms with E-state index >= 15 is 0 Å².